The van der Waals surface area contributed by atoms with Crippen LogP contribution in [0.3, 0.4) is 0 Å². The first-order chi connectivity index (χ1) is 11.4. The van der Waals surface area contributed by atoms with Crippen LogP contribution >= 0.6 is 0 Å². The Labute approximate surface area is 142 Å². The van der Waals surface area contributed by atoms with Crippen molar-refractivity contribution in [3.63, 3.8) is 0 Å². The molecule has 4 heteroatoms. The number of aliphatic hydroxyl groups excluding tert-OH is 1. The summed E-state index contributed by atoms with van der Waals surface area (Å²) in [5.41, 5.74) is 0.895. The Hall–Kier alpha value is -1.57. The van der Waals surface area contributed by atoms with Gasteiger partial charge in [-0.25, -0.2) is 0 Å². The molecule has 3 N–H and O–H groups in total. The fourth-order valence-corrected chi connectivity index (χ4v) is 6.12. The standard InChI is InChI=1S/C20H25NO3/c1-19-7-6-15-14-5-3-13(22)10-12(14)2-4-16(15)17(19)11-18(23)20(19,24)8-9-21/h3,5,10,15-18,22-24H,2,4,6-8,11H2,1H3/t15-,16-,17+,18+,19+,20+/m1/s1. The van der Waals surface area contributed by atoms with E-state index in [0.29, 0.717) is 24.0 Å². The first-order valence-corrected chi connectivity index (χ1v) is 9.00. The van der Waals surface area contributed by atoms with Crippen LogP contribution in [0.4, 0.5) is 0 Å². The Bertz CT molecular complexity index is 711. The maximum atomic E-state index is 11.1. The van der Waals surface area contributed by atoms with E-state index in [1.54, 1.807) is 6.07 Å². The molecular weight excluding hydrogens is 302 g/mol. The van der Waals surface area contributed by atoms with Crippen LogP contribution in [0.2, 0.25) is 0 Å². The zero-order valence-electron chi connectivity index (χ0n) is 14.1. The van der Waals surface area contributed by atoms with E-state index in [1.807, 2.05) is 6.07 Å². The Morgan fingerprint density at radius 2 is 2.12 bits per heavy atom. The van der Waals surface area contributed by atoms with Gasteiger partial charge in [0.2, 0.25) is 0 Å². The van der Waals surface area contributed by atoms with Crippen LogP contribution in [0.15, 0.2) is 18.2 Å². The molecule has 0 heterocycles. The van der Waals surface area contributed by atoms with Crippen molar-refractivity contribution in [1.82, 2.24) is 0 Å². The molecule has 3 aliphatic carbocycles. The van der Waals surface area contributed by atoms with E-state index in [4.69, 9.17) is 5.26 Å². The number of rotatable bonds is 1. The van der Waals surface area contributed by atoms with E-state index in [9.17, 15) is 15.3 Å². The van der Waals surface area contributed by atoms with Gasteiger partial charge in [0.25, 0.3) is 0 Å². The summed E-state index contributed by atoms with van der Waals surface area (Å²) in [6, 6.07) is 7.80. The lowest BCUT2D eigenvalue weighted by Gasteiger charge is -2.52. The van der Waals surface area contributed by atoms with Crippen molar-refractivity contribution in [3.8, 4) is 11.8 Å². The van der Waals surface area contributed by atoms with E-state index >= 15 is 0 Å². The molecule has 0 bridgehead atoms. The van der Waals surface area contributed by atoms with Gasteiger partial charge in [0.05, 0.1) is 18.6 Å². The highest BCUT2D eigenvalue weighted by Crippen LogP contribution is 2.64. The fraction of sp³-hybridized carbons (Fsp3) is 0.650. The van der Waals surface area contributed by atoms with Gasteiger partial charge in [0.1, 0.15) is 11.4 Å². The number of phenols is 1. The minimum atomic E-state index is -1.29. The number of phenolic OH excluding ortho intramolecular Hbond substituents is 1. The smallest absolute Gasteiger partial charge is 0.115 e. The van der Waals surface area contributed by atoms with Crippen molar-refractivity contribution in [1.29, 1.82) is 5.26 Å². The van der Waals surface area contributed by atoms with Crippen molar-refractivity contribution in [2.45, 2.75) is 63.1 Å². The van der Waals surface area contributed by atoms with Crippen LogP contribution in [0, 0.1) is 28.6 Å². The number of hydrogen-bond donors (Lipinski definition) is 3. The second-order valence-electron chi connectivity index (χ2n) is 8.27. The van der Waals surface area contributed by atoms with Crippen molar-refractivity contribution in [2.24, 2.45) is 17.3 Å². The minimum Gasteiger partial charge on any atom is -0.508 e. The molecule has 4 nitrogen and oxygen atoms in total. The number of hydrogen-bond acceptors (Lipinski definition) is 4. The van der Waals surface area contributed by atoms with Crippen LogP contribution in [-0.2, 0) is 6.42 Å². The largest absolute Gasteiger partial charge is 0.508 e. The van der Waals surface area contributed by atoms with Crippen LogP contribution in [0.1, 0.15) is 56.1 Å². The second kappa shape index (κ2) is 5.21. The number of aryl methyl sites for hydroxylation is 1. The number of aromatic hydroxyl groups is 1. The number of nitrogens with zero attached hydrogens (tertiary/aromatic N) is 1. The summed E-state index contributed by atoms with van der Waals surface area (Å²) in [5, 5.41) is 40.6. The molecule has 0 radical (unpaired) electrons. The summed E-state index contributed by atoms with van der Waals surface area (Å²) in [6.45, 7) is 2.08. The van der Waals surface area contributed by atoms with E-state index in [0.717, 1.165) is 25.7 Å². The quantitative estimate of drug-likeness (QED) is 0.740. The molecule has 0 aliphatic heterocycles. The molecule has 24 heavy (non-hydrogen) atoms. The lowest BCUT2D eigenvalue weighted by atomic mass is 9.53. The van der Waals surface area contributed by atoms with Gasteiger partial charge in [-0.2, -0.15) is 5.26 Å². The molecule has 0 saturated heterocycles. The minimum absolute atomic E-state index is 0.00299. The summed E-state index contributed by atoms with van der Waals surface area (Å²) in [6.07, 6.45) is 3.53. The molecule has 0 amide bonds. The average Bonchev–Trinajstić information content (AvgIpc) is 2.75. The van der Waals surface area contributed by atoms with Crippen molar-refractivity contribution in [3.05, 3.63) is 29.3 Å². The molecule has 0 spiro atoms. The van der Waals surface area contributed by atoms with Gasteiger partial charge >= 0.3 is 0 Å². The van der Waals surface area contributed by atoms with E-state index < -0.39 is 17.1 Å². The lowest BCUT2D eigenvalue weighted by molar-refractivity contribution is -0.138. The van der Waals surface area contributed by atoms with Gasteiger partial charge in [0.15, 0.2) is 0 Å². The van der Waals surface area contributed by atoms with Gasteiger partial charge in [-0.1, -0.05) is 13.0 Å². The van der Waals surface area contributed by atoms with Crippen LogP contribution < -0.4 is 0 Å². The Morgan fingerprint density at radius 1 is 1.33 bits per heavy atom. The van der Waals surface area contributed by atoms with E-state index in [-0.39, 0.29) is 12.3 Å². The van der Waals surface area contributed by atoms with Crippen LogP contribution in [-0.4, -0.2) is 27.0 Å². The molecule has 128 valence electrons. The van der Waals surface area contributed by atoms with E-state index in [1.165, 1.54) is 11.1 Å². The summed E-state index contributed by atoms with van der Waals surface area (Å²) >= 11 is 0. The zero-order valence-corrected chi connectivity index (χ0v) is 14.1. The Morgan fingerprint density at radius 3 is 2.88 bits per heavy atom. The summed E-state index contributed by atoms with van der Waals surface area (Å²) in [7, 11) is 0. The Balaban J connectivity index is 1.72. The SMILES string of the molecule is C[C@]12CC[C@@H]3c4ccc(O)cc4CC[C@H]3[C@@H]1C[C@H](O)[C@@]2(O)CC#N. The molecule has 1 aromatic rings. The third kappa shape index (κ3) is 1.92. The van der Waals surface area contributed by atoms with Crippen molar-refractivity contribution in [2.75, 3.05) is 0 Å². The maximum Gasteiger partial charge on any atom is 0.115 e. The predicted octanol–water partition coefficient (Wildman–Crippen LogP) is 2.86. The molecule has 1 aromatic carbocycles. The van der Waals surface area contributed by atoms with Crippen LogP contribution in [0.5, 0.6) is 5.75 Å². The maximum absolute atomic E-state index is 11.1. The molecular formula is C20H25NO3. The molecule has 6 atom stereocenters. The monoisotopic (exact) mass is 327 g/mol. The number of benzene rings is 1. The summed E-state index contributed by atoms with van der Waals surface area (Å²) in [5.74, 6) is 1.44. The van der Waals surface area contributed by atoms with Gasteiger partial charge in [-0.05, 0) is 73.1 Å². The van der Waals surface area contributed by atoms with Gasteiger partial charge in [0, 0.05) is 5.41 Å². The van der Waals surface area contributed by atoms with Crippen molar-refractivity contribution < 1.29 is 15.3 Å². The van der Waals surface area contributed by atoms with Gasteiger partial charge < -0.3 is 15.3 Å². The highest BCUT2D eigenvalue weighted by atomic mass is 16.3. The number of nitriles is 1. The highest BCUT2D eigenvalue weighted by Gasteiger charge is 2.65. The van der Waals surface area contributed by atoms with Crippen molar-refractivity contribution >= 4 is 0 Å². The average molecular weight is 327 g/mol. The normalized spacial score (nSPS) is 43.4. The van der Waals surface area contributed by atoms with Gasteiger partial charge in [-0.15, -0.1) is 0 Å². The Kier molecular flexibility index (Phi) is 3.46. The summed E-state index contributed by atoms with van der Waals surface area (Å²) < 4.78 is 0. The molecule has 3 aliphatic rings. The number of fused-ring (bicyclic) bond motifs is 5. The predicted molar refractivity (Wildman–Crippen MR) is 89.3 cm³/mol. The lowest BCUT2D eigenvalue weighted by Crippen LogP contribution is -2.53. The first kappa shape index (κ1) is 15.9. The van der Waals surface area contributed by atoms with E-state index in [2.05, 4.69) is 19.1 Å². The highest BCUT2D eigenvalue weighted by molar-refractivity contribution is 5.40. The molecule has 0 aromatic heterocycles. The van der Waals surface area contributed by atoms with Gasteiger partial charge in [-0.3, -0.25) is 0 Å². The zero-order chi connectivity index (χ0) is 17.1. The molecule has 4 rings (SSSR count). The summed E-state index contributed by atoms with van der Waals surface area (Å²) in [4.78, 5) is 0. The topological polar surface area (TPSA) is 84.5 Å². The first-order valence-electron chi connectivity index (χ1n) is 9.00. The second-order valence-corrected chi connectivity index (χ2v) is 8.27. The third-order valence-electron chi connectivity index (χ3n) is 7.47. The fourth-order valence-electron chi connectivity index (χ4n) is 6.12. The number of aliphatic hydroxyl groups is 2. The molecule has 2 saturated carbocycles. The molecule has 0 unspecified atom stereocenters. The van der Waals surface area contributed by atoms with Crippen LogP contribution in [0.25, 0.3) is 0 Å². The third-order valence-corrected chi connectivity index (χ3v) is 7.47. The molecule has 2 fully saturated rings.